The number of halogens is 4. The second kappa shape index (κ2) is 5.69. The minimum absolute atomic E-state index is 0.0998. The summed E-state index contributed by atoms with van der Waals surface area (Å²) in [6.07, 6.45) is -4.91. The molecule has 1 heterocycles. The summed E-state index contributed by atoms with van der Waals surface area (Å²) >= 11 is 3.11. The molecule has 0 bridgehead atoms. The second-order valence-corrected chi connectivity index (χ2v) is 4.82. The SMILES string of the molecule is N#Cc1c(N)nc(N)nc1-c1c(Br)cccc1OC(F)(F)F. The Hall–Kier alpha value is -2.54. The van der Waals surface area contributed by atoms with E-state index in [0.29, 0.717) is 0 Å². The van der Waals surface area contributed by atoms with Crippen molar-refractivity contribution < 1.29 is 17.9 Å². The summed E-state index contributed by atoms with van der Waals surface area (Å²) in [6, 6.07) is 5.64. The molecule has 6 nitrogen and oxygen atoms in total. The van der Waals surface area contributed by atoms with E-state index in [1.54, 1.807) is 6.07 Å². The van der Waals surface area contributed by atoms with E-state index >= 15 is 0 Å². The molecule has 0 atom stereocenters. The first-order valence-corrected chi connectivity index (χ1v) is 6.40. The lowest BCUT2D eigenvalue weighted by Crippen LogP contribution is -2.18. The number of rotatable bonds is 2. The second-order valence-electron chi connectivity index (χ2n) is 3.96. The summed E-state index contributed by atoms with van der Waals surface area (Å²) < 4.78 is 41.8. The van der Waals surface area contributed by atoms with E-state index in [1.807, 2.05) is 0 Å². The van der Waals surface area contributed by atoms with Gasteiger partial charge >= 0.3 is 6.36 Å². The molecule has 4 N–H and O–H groups in total. The molecule has 2 aromatic rings. The van der Waals surface area contributed by atoms with E-state index in [-0.39, 0.29) is 33.1 Å². The standard InChI is InChI=1S/C12H7BrF3N5O/c13-6-2-1-3-7(22-12(14,15)16)8(6)9-5(4-17)10(18)21-11(19)20-9/h1-3H,(H4,18,19,20,21). The zero-order chi connectivity index (χ0) is 16.5. The molecule has 0 spiro atoms. The van der Waals surface area contributed by atoms with Crippen LogP contribution in [0.1, 0.15) is 5.56 Å². The number of nitrogens with zero attached hydrogens (tertiary/aromatic N) is 3. The van der Waals surface area contributed by atoms with E-state index in [0.717, 1.165) is 6.07 Å². The van der Waals surface area contributed by atoms with Crippen molar-refractivity contribution in [2.24, 2.45) is 0 Å². The zero-order valence-electron chi connectivity index (χ0n) is 10.6. The lowest BCUT2D eigenvalue weighted by atomic mass is 10.1. The van der Waals surface area contributed by atoms with E-state index in [2.05, 4.69) is 30.6 Å². The molecule has 1 aromatic carbocycles. The summed E-state index contributed by atoms with van der Waals surface area (Å²) in [6.45, 7) is 0. The van der Waals surface area contributed by atoms with Crippen LogP contribution in [0.5, 0.6) is 5.75 Å². The van der Waals surface area contributed by atoms with Crippen molar-refractivity contribution in [2.45, 2.75) is 6.36 Å². The van der Waals surface area contributed by atoms with Gasteiger partial charge in [0.15, 0.2) is 0 Å². The third-order valence-corrected chi connectivity index (χ3v) is 3.16. The summed E-state index contributed by atoms with van der Waals surface area (Å²) in [5.41, 5.74) is 10.6. The first-order chi connectivity index (χ1) is 10.2. The van der Waals surface area contributed by atoms with Crippen LogP contribution in [-0.4, -0.2) is 16.3 Å². The van der Waals surface area contributed by atoms with Crippen molar-refractivity contribution in [1.82, 2.24) is 9.97 Å². The first kappa shape index (κ1) is 15.8. The van der Waals surface area contributed by atoms with Crippen LogP contribution < -0.4 is 16.2 Å². The smallest absolute Gasteiger partial charge is 0.405 e. The molecule has 10 heteroatoms. The van der Waals surface area contributed by atoms with Gasteiger partial charge in [0, 0.05) is 4.47 Å². The van der Waals surface area contributed by atoms with Gasteiger partial charge in [0.05, 0.1) is 5.56 Å². The Balaban J connectivity index is 2.76. The van der Waals surface area contributed by atoms with Crippen LogP contribution >= 0.6 is 15.9 Å². The molecule has 2 rings (SSSR count). The van der Waals surface area contributed by atoms with Crippen LogP contribution in [0, 0.1) is 11.3 Å². The molecule has 0 unspecified atom stereocenters. The fraction of sp³-hybridized carbons (Fsp3) is 0.0833. The van der Waals surface area contributed by atoms with Gasteiger partial charge in [-0.15, -0.1) is 13.2 Å². The number of aromatic nitrogens is 2. The maximum atomic E-state index is 12.5. The average molecular weight is 374 g/mol. The van der Waals surface area contributed by atoms with E-state index in [4.69, 9.17) is 16.7 Å². The van der Waals surface area contributed by atoms with Gasteiger partial charge in [-0.3, -0.25) is 0 Å². The number of benzene rings is 1. The lowest BCUT2D eigenvalue weighted by molar-refractivity contribution is -0.274. The van der Waals surface area contributed by atoms with Crippen molar-refractivity contribution in [3.8, 4) is 23.1 Å². The largest absolute Gasteiger partial charge is 0.573 e. The van der Waals surface area contributed by atoms with Crippen molar-refractivity contribution in [3.63, 3.8) is 0 Å². The molecule has 0 aliphatic heterocycles. The van der Waals surface area contributed by atoms with Crippen LogP contribution in [0.25, 0.3) is 11.3 Å². The topological polar surface area (TPSA) is 111 Å². The highest BCUT2D eigenvalue weighted by molar-refractivity contribution is 9.10. The van der Waals surface area contributed by atoms with Gasteiger partial charge in [0.1, 0.15) is 28.9 Å². The molecule has 0 saturated carbocycles. The number of hydrogen-bond acceptors (Lipinski definition) is 6. The highest BCUT2D eigenvalue weighted by Gasteiger charge is 2.33. The third kappa shape index (κ3) is 3.20. The first-order valence-electron chi connectivity index (χ1n) is 5.60. The van der Waals surface area contributed by atoms with E-state index in [1.165, 1.54) is 12.1 Å². The fourth-order valence-corrected chi connectivity index (χ4v) is 2.27. The van der Waals surface area contributed by atoms with Crippen molar-refractivity contribution >= 4 is 27.7 Å². The normalized spacial score (nSPS) is 11.0. The Labute approximate surface area is 130 Å². The predicted molar refractivity (Wildman–Crippen MR) is 75.4 cm³/mol. The molecular formula is C12H7BrF3N5O. The van der Waals surface area contributed by atoms with Gasteiger partial charge in [-0.1, -0.05) is 6.07 Å². The Bertz CT molecular complexity index is 773. The van der Waals surface area contributed by atoms with Gasteiger partial charge in [0.2, 0.25) is 5.95 Å². The molecule has 22 heavy (non-hydrogen) atoms. The molecule has 0 radical (unpaired) electrons. The summed E-state index contributed by atoms with van der Waals surface area (Å²) in [5, 5.41) is 9.14. The summed E-state index contributed by atoms with van der Waals surface area (Å²) in [4.78, 5) is 7.42. The van der Waals surface area contributed by atoms with Gasteiger partial charge < -0.3 is 16.2 Å². The zero-order valence-corrected chi connectivity index (χ0v) is 12.2. The number of alkyl halides is 3. The molecule has 0 saturated heterocycles. The van der Waals surface area contributed by atoms with Crippen LogP contribution in [0.15, 0.2) is 22.7 Å². The van der Waals surface area contributed by atoms with Crippen molar-refractivity contribution in [2.75, 3.05) is 11.5 Å². The summed E-state index contributed by atoms with van der Waals surface area (Å²) in [5.74, 6) is -1.06. The average Bonchev–Trinajstić information content (AvgIpc) is 2.36. The van der Waals surface area contributed by atoms with Crippen molar-refractivity contribution in [3.05, 3.63) is 28.2 Å². The van der Waals surface area contributed by atoms with E-state index < -0.39 is 12.1 Å². The molecule has 0 aliphatic rings. The lowest BCUT2D eigenvalue weighted by Gasteiger charge is -2.15. The Morgan fingerprint density at radius 3 is 2.50 bits per heavy atom. The van der Waals surface area contributed by atoms with Crippen LogP contribution in [0.3, 0.4) is 0 Å². The Morgan fingerprint density at radius 2 is 1.91 bits per heavy atom. The van der Waals surface area contributed by atoms with Gasteiger partial charge in [-0.2, -0.15) is 10.2 Å². The minimum Gasteiger partial charge on any atom is -0.405 e. The number of nitriles is 1. The summed E-state index contributed by atoms with van der Waals surface area (Å²) in [7, 11) is 0. The predicted octanol–water partition coefficient (Wildman–Crippen LogP) is 2.84. The molecule has 0 aliphatic carbocycles. The number of anilines is 2. The van der Waals surface area contributed by atoms with Crippen LogP contribution in [-0.2, 0) is 0 Å². The monoisotopic (exact) mass is 373 g/mol. The fourth-order valence-electron chi connectivity index (χ4n) is 1.73. The van der Waals surface area contributed by atoms with Gasteiger partial charge in [0.25, 0.3) is 0 Å². The Morgan fingerprint density at radius 1 is 1.23 bits per heavy atom. The maximum absolute atomic E-state index is 12.5. The molecule has 1 aromatic heterocycles. The molecule has 0 fully saturated rings. The van der Waals surface area contributed by atoms with E-state index in [9.17, 15) is 13.2 Å². The minimum atomic E-state index is -4.91. The highest BCUT2D eigenvalue weighted by Crippen LogP contribution is 2.40. The highest BCUT2D eigenvalue weighted by atomic mass is 79.9. The van der Waals surface area contributed by atoms with Crippen LogP contribution in [0.4, 0.5) is 24.9 Å². The Kier molecular flexibility index (Phi) is 4.09. The number of nitrogens with two attached hydrogens (primary N) is 2. The van der Waals surface area contributed by atoms with Gasteiger partial charge in [-0.25, -0.2) is 4.98 Å². The number of ether oxygens (including phenoxy) is 1. The molecule has 0 amide bonds. The maximum Gasteiger partial charge on any atom is 0.573 e. The van der Waals surface area contributed by atoms with Gasteiger partial charge in [-0.05, 0) is 28.1 Å². The number of nitrogen functional groups attached to an aromatic ring is 2. The third-order valence-electron chi connectivity index (χ3n) is 2.50. The van der Waals surface area contributed by atoms with Crippen LogP contribution in [0.2, 0.25) is 0 Å². The molecule has 114 valence electrons. The van der Waals surface area contributed by atoms with Crippen molar-refractivity contribution in [1.29, 1.82) is 5.26 Å². The number of hydrogen-bond donors (Lipinski definition) is 2. The molecular weight excluding hydrogens is 367 g/mol. The quantitative estimate of drug-likeness (QED) is 0.836.